The van der Waals surface area contributed by atoms with Gasteiger partial charge in [0.15, 0.2) is 0 Å². The molecule has 0 spiro atoms. The van der Waals surface area contributed by atoms with Crippen molar-refractivity contribution >= 4 is 0 Å². The Labute approximate surface area is 71.1 Å². The lowest BCUT2D eigenvalue weighted by molar-refractivity contribution is 0.453. The van der Waals surface area contributed by atoms with Gasteiger partial charge in [-0.15, -0.1) is 5.10 Å². The van der Waals surface area contributed by atoms with Crippen LogP contribution in [-0.2, 0) is 0 Å². The molecule has 1 saturated heterocycles. The van der Waals surface area contributed by atoms with Crippen molar-refractivity contribution in [3.8, 4) is 0 Å². The molecule has 0 amide bonds. The fourth-order valence-corrected chi connectivity index (χ4v) is 1.68. The van der Waals surface area contributed by atoms with E-state index in [-0.39, 0.29) is 6.17 Å². The largest absolute Gasteiger partial charge is 0.310 e. The van der Waals surface area contributed by atoms with Crippen LogP contribution in [0.5, 0.6) is 0 Å². The molecule has 2 atom stereocenters. The number of nitrogens with zero attached hydrogens (tertiary/aromatic N) is 4. The zero-order valence-corrected chi connectivity index (χ0v) is 7.09. The second kappa shape index (κ2) is 2.75. The smallest absolute Gasteiger partial charge is 0.0943 e. The van der Waals surface area contributed by atoms with Crippen LogP contribution in [0.4, 0.5) is 0 Å². The van der Waals surface area contributed by atoms with Crippen molar-refractivity contribution in [2.75, 3.05) is 5.01 Å². The van der Waals surface area contributed by atoms with Gasteiger partial charge in [0.2, 0.25) is 0 Å². The third-order valence-electron chi connectivity index (χ3n) is 2.32. The summed E-state index contributed by atoms with van der Waals surface area (Å²) in [6.45, 7) is 2.15. The molecule has 5 heteroatoms. The molecule has 2 heterocycles. The molecule has 0 aromatic carbocycles. The third-order valence-corrected chi connectivity index (χ3v) is 2.32. The molecule has 1 fully saturated rings. The van der Waals surface area contributed by atoms with Gasteiger partial charge in [-0.3, -0.25) is 5.01 Å². The second-order valence-electron chi connectivity index (χ2n) is 3.20. The van der Waals surface area contributed by atoms with Crippen LogP contribution in [0.2, 0.25) is 0 Å². The van der Waals surface area contributed by atoms with Crippen LogP contribution in [0.3, 0.4) is 0 Å². The molecule has 2 rings (SSSR count). The van der Waals surface area contributed by atoms with Crippen LogP contribution in [0.1, 0.15) is 19.8 Å². The van der Waals surface area contributed by atoms with Gasteiger partial charge in [-0.25, -0.2) is 0 Å². The Kier molecular flexibility index (Phi) is 1.73. The molecule has 0 saturated carbocycles. The Morgan fingerprint density at radius 3 is 2.83 bits per heavy atom. The molecule has 2 N–H and O–H groups in total. The molecule has 1 aromatic heterocycles. The van der Waals surface area contributed by atoms with Crippen molar-refractivity contribution in [1.29, 1.82) is 0 Å². The zero-order valence-electron chi connectivity index (χ0n) is 7.09. The summed E-state index contributed by atoms with van der Waals surface area (Å²) in [6, 6.07) is 0.460. The lowest BCUT2D eigenvalue weighted by Gasteiger charge is -2.26. The molecule has 1 aromatic rings. The number of hydrogen-bond acceptors (Lipinski definition) is 4. The first kappa shape index (κ1) is 7.54. The zero-order chi connectivity index (χ0) is 8.55. The SMILES string of the molecule is CC1CCC(N)N1n1ccnn1. The van der Waals surface area contributed by atoms with Gasteiger partial charge >= 0.3 is 0 Å². The molecule has 2 unspecified atom stereocenters. The topological polar surface area (TPSA) is 60.0 Å². The number of aromatic nitrogens is 3. The highest BCUT2D eigenvalue weighted by molar-refractivity contribution is 5.00. The summed E-state index contributed by atoms with van der Waals surface area (Å²) in [4.78, 5) is 1.72. The fourth-order valence-electron chi connectivity index (χ4n) is 1.68. The molecular weight excluding hydrogens is 154 g/mol. The van der Waals surface area contributed by atoms with Crippen LogP contribution in [0, 0.1) is 0 Å². The standard InChI is InChI=1S/C7H13N5/c1-6-2-3-7(8)12(6)11-5-4-9-10-11/h4-7H,2-3,8H2,1H3. The minimum Gasteiger partial charge on any atom is -0.310 e. The van der Waals surface area contributed by atoms with Gasteiger partial charge in [-0.1, -0.05) is 0 Å². The van der Waals surface area contributed by atoms with Gasteiger partial charge in [0.1, 0.15) is 0 Å². The van der Waals surface area contributed by atoms with Gasteiger partial charge < -0.3 is 5.73 Å². The summed E-state index contributed by atoms with van der Waals surface area (Å²) in [6.07, 6.45) is 5.73. The van der Waals surface area contributed by atoms with E-state index >= 15 is 0 Å². The molecule has 66 valence electrons. The highest BCUT2D eigenvalue weighted by Gasteiger charge is 2.28. The first-order chi connectivity index (χ1) is 5.79. The predicted octanol–water partition coefficient (Wildman–Crippen LogP) is -0.317. The van der Waals surface area contributed by atoms with Gasteiger partial charge in [-0.05, 0) is 25.0 Å². The monoisotopic (exact) mass is 167 g/mol. The molecule has 0 bridgehead atoms. The first-order valence-corrected chi connectivity index (χ1v) is 4.19. The van der Waals surface area contributed by atoms with Gasteiger partial charge in [0, 0.05) is 6.04 Å². The van der Waals surface area contributed by atoms with Crippen LogP contribution in [0.25, 0.3) is 0 Å². The molecule has 0 radical (unpaired) electrons. The Morgan fingerprint density at radius 1 is 1.50 bits per heavy atom. The number of hydrogen-bond donors (Lipinski definition) is 1. The highest BCUT2D eigenvalue weighted by atomic mass is 15.7. The van der Waals surface area contributed by atoms with Crippen LogP contribution in [-0.4, -0.2) is 27.3 Å². The maximum absolute atomic E-state index is 5.90. The number of rotatable bonds is 1. The summed E-state index contributed by atoms with van der Waals surface area (Å²) in [5, 5.41) is 9.71. The van der Waals surface area contributed by atoms with Crippen molar-refractivity contribution in [1.82, 2.24) is 15.1 Å². The van der Waals surface area contributed by atoms with E-state index in [1.807, 2.05) is 11.2 Å². The maximum Gasteiger partial charge on any atom is 0.0943 e. The summed E-state index contributed by atoms with van der Waals surface area (Å²) in [7, 11) is 0. The fraction of sp³-hybridized carbons (Fsp3) is 0.714. The Hall–Kier alpha value is -1.10. The maximum atomic E-state index is 5.90. The van der Waals surface area contributed by atoms with E-state index in [9.17, 15) is 0 Å². The van der Waals surface area contributed by atoms with Gasteiger partial charge in [0.25, 0.3) is 0 Å². The lowest BCUT2D eigenvalue weighted by atomic mass is 10.2. The van der Waals surface area contributed by atoms with Gasteiger partial charge in [-0.2, -0.15) is 4.79 Å². The lowest BCUT2D eigenvalue weighted by Crippen LogP contribution is -2.48. The van der Waals surface area contributed by atoms with Gasteiger partial charge in [0.05, 0.1) is 18.6 Å². The van der Waals surface area contributed by atoms with Crippen molar-refractivity contribution in [3.63, 3.8) is 0 Å². The number of nitrogens with two attached hydrogens (primary N) is 1. The van der Waals surface area contributed by atoms with E-state index in [1.54, 1.807) is 11.0 Å². The summed E-state index contributed by atoms with van der Waals surface area (Å²) < 4.78 is 0. The van der Waals surface area contributed by atoms with Crippen LogP contribution >= 0.6 is 0 Å². The van der Waals surface area contributed by atoms with Crippen LogP contribution < -0.4 is 10.7 Å². The Balaban J connectivity index is 2.22. The quantitative estimate of drug-likeness (QED) is 0.623. The Bertz CT molecular complexity index is 234. The normalized spacial score (nSPS) is 29.7. The van der Waals surface area contributed by atoms with E-state index in [0.717, 1.165) is 12.8 Å². The summed E-state index contributed by atoms with van der Waals surface area (Å²) in [5.41, 5.74) is 5.90. The molecule has 12 heavy (non-hydrogen) atoms. The Morgan fingerprint density at radius 2 is 2.33 bits per heavy atom. The van der Waals surface area contributed by atoms with Crippen molar-refractivity contribution < 1.29 is 0 Å². The average Bonchev–Trinajstić information content (AvgIpc) is 2.61. The molecule has 1 aliphatic rings. The third kappa shape index (κ3) is 1.06. The van der Waals surface area contributed by atoms with Crippen LogP contribution in [0.15, 0.2) is 12.4 Å². The van der Waals surface area contributed by atoms with Crippen molar-refractivity contribution in [2.45, 2.75) is 32.0 Å². The van der Waals surface area contributed by atoms with E-state index in [4.69, 9.17) is 5.73 Å². The van der Waals surface area contributed by atoms with E-state index in [0.29, 0.717) is 6.04 Å². The van der Waals surface area contributed by atoms with E-state index < -0.39 is 0 Å². The highest BCUT2D eigenvalue weighted by Crippen LogP contribution is 2.17. The molecule has 0 aliphatic carbocycles. The second-order valence-corrected chi connectivity index (χ2v) is 3.20. The van der Waals surface area contributed by atoms with Crippen molar-refractivity contribution in [3.05, 3.63) is 12.4 Å². The minimum absolute atomic E-state index is 0.0849. The van der Waals surface area contributed by atoms with Crippen molar-refractivity contribution in [2.24, 2.45) is 5.73 Å². The van der Waals surface area contributed by atoms with E-state index in [2.05, 4.69) is 17.2 Å². The summed E-state index contributed by atoms with van der Waals surface area (Å²) >= 11 is 0. The minimum atomic E-state index is 0.0849. The van der Waals surface area contributed by atoms with E-state index in [1.165, 1.54) is 0 Å². The predicted molar refractivity (Wildman–Crippen MR) is 44.9 cm³/mol. The molecule has 5 nitrogen and oxygen atoms in total. The molecular formula is C7H13N5. The summed E-state index contributed by atoms with van der Waals surface area (Å²) in [5.74, 6) is 0. The average molecular weight is 167 g/mol. The first-order valence-electron chi connectivity index (χ1n) is 4.19. The molecule has 1 aliphatic heterocycles.